The second kappa shape index (κ2) is 3.14. The second-order valence-corrected chi connectivity index (χ2v) is 3.82. The van der Waals surface area contributed by atoms with Crippen LogP contribution in [0.25, 0.3) is 0 Å². The number of carbonyl (C=O) groups excluding carboxylic acids is 1. The van der Waals surface area contributed by atoms with Crippen molar-refractivity contribution in [2.75, 3.05) is 0 Å². The first-order chi connectivity index (χ1) is 6.18. The van der Waals surface area contributed by atoms with Crippen molar-refractivity contribution in [1.82, 2.24) is 0 Å². The summed E-state index contributed by atoms with van der Waals surface area (Å²) in [6, 6.07) is 0. The standard InChI is InChI=1S/C10H14O3/c1-6-5-9(12)13-8-4-2-3-7(11)10(6)8/h6,9,12H,2-5H2,1H3/t6-,9?/m0/s1. The number of allylic oxidation sites excluding steroid dienone is 2. The van der Waals surface area contributed by atoms with E-state index in [1.54, 1.807) is 0 Å². The van der Waals surface area contributed by atoms with Crippen LogP contribution >= 0.6 is 0 Å². The van der Waals surface area contributed by atoms with Crippen LogP contribution in [0.1, 0.15) is 32.6 Å². The molecule has 0 spiro atoms. The van der Waals surface area contributed by atoms with Gasteiger partial charge in [-0.2, -0.15) is 0 Å². The first kappa shape index (κ1) is 8.75. The molecule has 0 aromatic rings. The summed E-state index contributed by atoms with van der Waals surface area (Å²) in [7, 11) is 0. The molecule has 72 valence electrons. The summed E-state index contributed by atoms with van der Waals surface area (Å²) in [5.74, 6) is 1.11. The van der Waals surface area contributed by atoms with Gasteiger partial charge in [-0.15, -0.1) is 0 Å². The highest BCUT2D eigenvalue weighted by atomic mass is 16.6. The van der Waals surface area contributed by atoms with Crippen LogP contribution in [-0.4, -0.2) is 17.2 Å². The first-order valence-corrected chi connectivity index (χ1v) is 4.79. The van der Waals surface area contributed by atoms with Gasteiger partial charge in [0, 0.05) is 24.8 Å². The molecule has 0 saturated heterocycles. The number of aliphatic hydroxyl groups is 1. The maximum atomic E-state index is 11.5. The number of rotatable bonds is 0. The molecular formula is C10H14O3. The zero-order chi connectivity index (χ0) is 9.42. The minimum absolute atomic E-state index is 0.159. The second-order valence-electron chi connectivity index (χ2n) is 3.82. The maximum Gasteiger partial charge on any atom is 0.197 e. The Balaban J connectivity index is 2.32. The predicted octanol–water partition coefficient (Wildman–Crippen LogP) is 1.37. The van der Waals surface area contributed by atoms with E-state index in [1.807, 2.05) is 6.92 Å². The molecule has 0 radical (unpaired) electrons. The Morgan fingerprint density at radius 1 is 1.46 bits per heavy atom. The molecule has 1 unspecified atom stereocenters. The molecule has 3 nitrogen and oxygen atoms in total. The van der Waals surface area contributed by atoms with Gasteiger partial charge >= 0.3 is 0 Å². The SMILES string of the molecule is C[C@H]1CC(O)OC2=C1C(=O)CCC2. The van der Waals surface area contributed by atoms with Crippen molar-refractivity contribution >= 4 is 5.78 Å². The van der Waals surface area contributed by atoms with E-state index in [-0.39, 0.29) is 11.7 Å². The maximum absolute atomic E-state index is 11.5. The van der Waals surface area contributed by atoms with Crippen LogP contribution in [-0.2, 0) is 9.53 Å². The fourth-order valence-corrected chi connectivity index (χ4v) is 2.14. The molecule has 0 bridgehead atoms. The Morgan fingerprint density at radius 2 is 2.23 bits per heavy atom. The fourth-order valence-electron chi connectivity index (χ4n) is 2.14. The van der Waals surface area contributed by atoms with Crippen LogP contribution in [0.15, 0.2) is 11.3 Å². The van der Waals surface area contributed by atoms with Gasteiger partial charge in [-0.1, -0.05) is 6.92 Å². The highest BCUT2D eigenvalue weighted by Gasteiger charge is 2.32. The number of Topliss-reactive ketones (excluding diaryl/α,β-unsaturated/α-hetero) is 1. The van der Waals surface area contributed by atoms with Crippen molar-refractivity contribution in [3.63, 3.8) is 0 Å². The van der Waals surface area contributed by atoms with Gasteiger partial charge in [-0.05, 0) is 12.3 Å². The fraction of sp³-hybridized carbons (Fsp3) is 0.700. The number of aliphatic hydroxyl groups excluding tert-OH is 1. The highest BCUT2D eigenvalue weighted by Crippen LogP contribution is 2.35. The van der Waals surface area contributed by atoms with E-state index in [1.165, 1.54) is 0 Å². The van der Waals surface area contributed by atoms with Crippen molar-refractivity contribution in [3.05, 3.63) is 11.3 Å². The van der Waals surface area contributed by atoms with Crippen LogP contribution in [0.4, 0.5) is 0 Å². The summed E-state index contributed by atoms with van der Waals surface area (Å²) in [5.41, 5.74) is 0.830. The van der Waals surface area contributed by atoms with E-state index >= 15 is 0 Å². The Bertz CT molecular complexity index is 267. The van der Waals surface area contributed by atoms with Crippen molar-refractivity contribution < 1.29 is 14.6 Å². The van der Waals surface area contributed by atoms with Crippen LogP contribution in [0.2, 0.25) is 0 Å². The van der Waals surface area contributed by atoms with Crippen molar-refractivity contribution in [3.8, 4) is 0 Å². The third-order valence-corrected chi connectivity index (χ3v) is 2.73. The number of carbonyl (C=O) groups is 1. The van der Waals surface area contributed by atoms with E-state index < -0.39 is 6.29 Å². The molecule has 2 rings (SSSR count). The summed E-state index contributed by atoms with van der Waals surface area (Å²) in [5, 5.41) is 9.34. The average molecular weight is 182 g/mol. The molecular weight excluding hydrogens is 168 g/mol. The number of hydrogen-bond acceptors (Lipinski definition) is 3. The molecule has 1 heterocycles. The Labute approximate surface area is 77.4 Å². The van der Waals surface area contributed by atoms with Gasteiger partial charge in [0.2, 0.25) is 0 Å². The van der Waals surface area contributed by atoms with Crippen molar-refractivity contribution in [1.29, 1.82) is 0 Å². The van der Waals surface area contributed by atoms with Crippen LogP contribution in [0.5, 0.6) is 0 Å². The lowest BCUT2D eigenvalue weighted by Gasteiger charge is -2.31. The molecule has 1 aliphatic carbocycles. The normalized spacial score (nSPS) is 34.2. The number of ketones is 1. The van der Waals surface area contributed by atoms with E-state index in [0.29, 0.717) is 12.8 Å². The molecule has 13 heavy (non-hydrogen) atoms. The summed E-state index contributed by atoms with van der Waals surface area (Å²) < 4.78 is 5.25. The average Bonchev–Trinajstić information content (AvgIpc) is 2.02. The van der Waals surface area contributed by atoms with E-state index in [0.717, 1.165) is 24.2 Å². The third-order valence-electron chi connectivity index (χ3n) is 2.73. The van der Waals surface area contributed by atoms with Gasteiger partial charge in [-0.3, -0.25) is 4.79 Å². The summed E-state index contributed by atoms with van der Waals surface area (Å²) in [6.45, 7) is 1.98. The van der Waals surface area contributed by atoms with Crippen LogP contribution in [0, 0.1) is 5.92 Å². The van der Waals surface area contributed by atoms with Crippen molar-refractivity contribution in [2.24, 2.45) is 5.92 Å². The quantitative estimate of drug-likeness (QED) is 0.615. The predicted molar refractivity (Wildman–Crippen MR) is 46.8 cm³/mol. The molecule has 0 saturated carbocycles. The zero-order valence-corrected chi connectivity index (χ0v) is 7.75. The molecule has 0 aromatic carbocycles. The lowest BCUT2D eigenvalue weighted by atomic mass is 9.84. The van der Waals surface area contributed by atoms with Gasteiger partial charge < -0.3 is 9.84 Å². The lowest BCUT2D eigenvalue weighted by Crippen LogP contribution is -2.29. The minimum atomic E-state index is -0.709. The van der Waals surface area contributed by atoms with Gasteiger partial charge in [0.1, 0.15) is 5.76 Å². The third kappa shape index (κ3) is 1.48. The van der Waals surface area contributed by atoms with E-state index in [4.69, 9.17) is 4.74 Å². The van der Waals surface area contributed by atoms with Gasteiger partial charge in [0.05, 0.1) is 0 Å². The van der Waals surface area contributed by atoms with Crippen LogP contribution in [0.3, 0.4) is 0 Å². The lowest BCUT2D eigenvalue weighted by molar-refractivity contribution is -0.123. The van der Waals surface area contributed by atoms with Gasteiger partial charge in [0.15, 0.2) is 12.1 Å². The topological polar surface area (TPSA) is 46.5 Å². The largest absolute Gasteiger partial charge is 0.469 e. The minimum Gasteiger partial charge on any atom is -0.469 e. The Hall–Kier alpha value is -0.830. The summed E-state index contributed by atoms with van der Waals surface area (Å²) >= 11 is 0. The molecule has 2 aliphatic rings. The smallest absolute Gasteiger partial charge is 0.197 e. The molecule has 2 atom stereocenters. The van der Waals surface area contributed by atoms with Crippen molar-refractivity contribution in [2.45, 2.75) is 38.9 Å². The monoisotopic (exact) mass is 182 g/mol. The molecule has 0 fully saturated rings. The van der Waals surface area contributed by atoms with E-state index in [2.05, 4.69) is 0 Å². The highest BCUT2D eigenvalue weighted by molar-refractivity contribution is 5.97. The number of ether oxygens (including phenoxy) is 1. The van der Waals surface area contributed by atoms with Gasteiger partial charge in [-0.25, -0.2) is 0 Å². The molecule has 0 amide bonds. The molecule has 0 aromatic heterocycles. The summed E-state index contributed by atoms with van der Waals surface area (Å²) in [6.07, 6.45) is 2.15. The van der Waals surface area contributed by atoms with Gasteiger partial charge in [0.25, 0.3) is 0 Å². The number of hydrogen-bond donors (Lipinski definition) is 1. The Kier molecular flexibility index (Phi) is 2.12. The van der Waals surface area contributed by atoms with E-state index in [9.17, 15) is 9.90 Å². The first-order valence-electron chi connectivity index (χ1n) is 4.79. The summed E-state index contributed by atoms with van der Waals surface area (Å²) in [4.78, 5) is 11.5. The zero-order valence-electron chi connectivity index (χ0n) is 7.75. The van der Waals surface area contributed by atoms with Crippen LogP contribution < -0.4 is 0 Å². The molecule has 1 aliphatic heterocycles. The Morgan fingerprint density at radius 3 is 3.00 bits per heavy atom. The molecule has 3 heteroatoms. The molecule has 1 N–H and O–H groups in total.